The normalized spacial score (nSPS) is 14.9. The van der Waals surface area contributed by atoms with E-state index in [2.05, 4.69) is 11.9 Å². The molecule has 1 aliphatic rings. The van der Waals surface area contributed by atoms with Gasteiger partial charge in [-0.15, -0.1) is 11.8 Å². The van der Waals surface area contributed by atoms with Crippen molar-refractivity contribution in [1.82, 2.24) is 9.47 Å². The molecule has 1 aliphatic heterocycles. The van der Waals surface area contributed by atoms with Crippen LogP contribution in [0.4, 0.5) is 0 Å². The van der Waals surface area contributed by atoms with Crippen LogP contribution in [-0.2, 0) is 30.4 Å². The molecule has 0 radical (unpaired) electrons. The van der Waals surface area contributed by atoms with E-state index in [9.17, 15) is 19.2 Å². The number of likely N-dealkylation sites (tertiary alicyclic amines) is 1. The van der Waals surface area contributed by atoms with Gasteiger partial charge in [-0.05, 0) is 43.9 Å². The molecular formula is C23H29N3O6S2. The first-order chi connectivity index (χ1) is 16.3. The number of carbonyl (C=O) groups excluding carboxylic acids is 4. The summed E-state index contributed by atoms with van der Waals surface area (Å²) in [7, 11) is 1.29. The molecule has 2 aromatic rings. The van der Waals surface area contributed by atoms with Crippen molar-refractivity contribution >= 4 is 57.1 Å². The van der Waals surface area contributed by atoms with Crippen molar-refractivity contribution in [3.05, 3.63) is 28.6 Å². The maximum Gasteiger partial charge on any atom is 0.338 e. The van der Waals surface area contributed by atoms with Crippen LogP contribution < -0.4 is 4.80 Å². The van der Waals surface area contributed by atoms with E-state index in [1.54, 1.807) is 29.7 Å². The zero-order valence-electron chi connectivity index (χ0n) is 19.6. The number of thioether (sulfide) groups is 1. The van der Waals surface area contributed by atoms with Crippen molar-refractivity contribution in [2.24, 2.45) is 10.9 Å². The monoisotopic (exact) mass is 507 g/mol. The molecule has 3 rings (SSSR count). The number of nitrogens with zero attached hydrogens (tertiary/aromatic N) is 3. The summed E-state index contributed by atoms with van der Waals surface area (Å²) >= 11 is 2.43. The van der Waals surface area contributed by atoms with Gasteiger partial charge in [0.1, 0.15) is 6.54 Å². The van der Waals surface area contributed by atoms with Crippen LogP contribution in [0.2, 0.25) is 0 Å². The number of ether oxygens (including phenoxy) is 2. The Morgan fingerprint density at radius 3 is 2.59 bits per heavy atom. The number of carbonyl (C=O) groups is 4. The van der Waals surface area contributed by atoms with Crippen molar-refractivity contribution in [3.63, 3.8) is 0 Å². The number of hydrogen-bond donors (Lipinski definition) is 0. The molecule has 0 spiro atoms. The van der Waals surface area contributed by atoms with Crippen LogP contribution in [0.3, 0.4) is 0 Å². The van der Waals surface area contributed by atoms with E-state index in [4.69, 9.17) is 9.47 Å². The molecule has 184 valence electrons. The number of amides is 2. The number of thiazole rings is 1. The minimum absolute atomic E-state index is 0.0406. The average Bonchev–Trinajstić information content (AvgIpc) is 3.15. The molecule has 1 aromatic carbocycles. The summed E-state index contributed by atoms with van der Waals surface area (Å²) in [4.78, 5) is 55.3. The smallest absolute Gasteiger partial charge is 0.338 e. The lowest BCUT2D eigenvalue weighted by Crippen LogP contribution is -2.39. The van der Waals surface area contributed by atoms with Crippen LogP contribution in [0.25, 0.3) is 10.2 Å². The lowest BCUT2D eigenvalue weighted by Gasteiger charge is -2.30. The molecule has 0 unspecified atom stereocenters. The molecule has 0 aliphatic carbocycles. The molecule has 9 nitrogen and oxygen atoms in total. The fourth-order valence-electron chi connectivity index (χ4n) is 3.56. The Bertz CT molecular complexity index is 1130. The van der Waals surface area contributed by atoms with Crippen LogP contribution in [0, 0.1) is 5.92 Å². The molecule has 0 N–H and O–H groups in total. The summed E-state index contributed by atoms with van der Waals surface area (Å²) in [5.41, 5.74) is 1.03. The van der Waals surface area contributed by atoms with E-state index >= 15 is 0 Å². The molecular weight excluding hydrogens is 478 g/mol. The van der Waals surface area contributed by atoms with Crippen LogP contribution in [0.5, 0.6) is 0 Å². The SMILES string of the molecule is CCOC(=O)c1ccc2c(c1)sc(=NC(=O)CSCC(=O)N1CCC(C)CC1)n2CC(=O)OC. The molecule has 11 heteroatoms. The Morgan fingerprint density at radius 2 is 1.91 bits per heavy atom. The molecule has 34 heavy (non-hydrogen) atoms. The topological polar surface area (TPSA) is 107 Å². The number of hydrogen-bond acceptors (Lipinski definition) is 8. The van der Waals surface area contributed by atoms with Crippen molar-refractivity contribution in [2.45, 2.75) is 33.2 Å². The van der Waals surface area contributed by atoms with Gasteiger partial charge < -0.3 is 18.9 Å². The van der Waals surface area contributed by atoms with Crippen molar-refractivity contribution in [2.75, 3.05) is 38.3 Å². The Hall–Kier alpha value is -2.66. The second kappa shape index (κ2) is 12.2. The summed E-state index contributed by atoms with van der Waals surface area (Å²) in [5, 5.41) is 0. The third-order valence-corrected chi connectivity index (χ3v) is 7.46. The summed E-state index contributed by atoms with van der Waals surface area (Å²) in [6, 6.07) is 4.95. The second-order valence-electron chi connectivity index (χ2n) is 8.01. The molecule has 0 bridgehead atoms. The summed E-state index contributed by atoms with van der Waals surface area (Å²) in [6.45, 7) is 5.59. The number of methoxy groups -OCH3 is 1. The van der Waals surface area contributed by atoms with Gasteiger partial charge in [0.15, 0.2) is 4.80 Å². The Balaban J connectivity index is 1.74. The maximum absolute atomic E-state index is 12.5. The standard InChI is InChI=1S/C23H29N3O6S2/c1-4-32-22(30)16-5-6-17-18(11-16)34-23(26(17)12-21(29)31-3)24-19(27)13-33-14-20(28)25-9-7-15(2)8-10-25/h5-6,11,15H,4,7-10,12-14H2,1-3H3. The second-order valence-corrected chi connectivity index (χ2v) is 10.0. The van der Waals surface area contributed by atoms with Crippen LogP contribution in [0.15, 0.2) is 23.2 Å². The first-order valence-corrected chi connectivity index (χ1v) is 13.1. The predicted molar refractivity (Wildman–Crippen MR) is 131 cm³/mol. The van der Waals surface area contributed by atoms with Gasteiger partial charge in [0.25, 0.3) is 5.91 Å². The minimum atomic E-state index is -0.487. The predicted octanol–water partition coefficient (Wildman–Crippen LogP) is 2.47. The molecule has 1 saturated heterocycles. The number of esters is 2. The van der Waals surface area contributed by atoms with Gasteiger partial charge in [0.2, 0.25) is 5.91 Å². The van der Waals surface area contributed by atoms with Gasteiger partial charge in [0.05, 0.1) is 41.0 Å². The third kappa shape index (κ3) is 6.69. The largest absolute Gasteiger partial charge is 0.468 e. The average molecular weight is 508 g/mol. The van der Waals surface area contributed by atoms with Crippen LogP contribution >= 0.6 is 23.1 Å². The minimum Gasteiger partial charge on any atom is -0.468 e. The fourth-order valence-corrected chi connectivity index (χ4v) is 5.34. The van der Waals surface area contributed by atoms with Gasteiger partial charge in [0, 0.05) is 13.1 Å². The van der Waals surface area contributed by atoms with Gasteiger partial charge >= 0.3 is 11.9 Å². The van der Waals surface area contributed by atoms with E-state index in [1.165, 1.54) is 30.2 Å². The Kier molecular flexibility index (Phi) is 9.28. The van der Waals surface area contributed by atoms with Gasteiger partial charge in [-0.25, -0.2) is 4.79 Å². The van der Waals surface area contributed by atoms with Crippen LogP contribution in [0.1, 0.15) is 37.0 Å². The lowest BCUT2D eigenvalue weighted by molar-refractivity contribution is -0.141. The van der Waals surface area contributed by atoms with Crippen molar-refractivity contribution in [3.8, 4) is 0 Å². The highest BCUT2D eigenvalue weighted by Gasteiger charge is 2.20. The van der Waals surface area contributed by atoms with E-state index < -0.39 is 17.8 Å². The molecule has 2 heterocycles. The highest BCUT2D eigenvalue weighted by Crippen LogP contribution is 2.21. The fraction of sp³-hybridized carbons (Fsp3) is 0.522. The van der Waals surface area contributed by atoms with Crippen molar-refractivity contribution < 1.29 is 28.7 Å². The lowest BCUT2D eigenvalue weighted by atomic mass is 9.99. The molecule has 0 saturated carbocycles. The van der Waals surface area contributed by atoms with Crippen LogP contribution in [-0.4, -0.2) is 71.5 Å². The van der Waals surface area contributed by atoms with Gasteiger partial charge in [-0.2, -0.15) is 4.99 Å². The highest BCUT2D eigenvalue weighted by atomic mass is 32.2. The zero-order chi connectivity index (χ0) is 24.7. The first kappa shape index (κ1) is 26.0. The first-order valence-electron chi connectivity index (χ1n) is 11.1. The number of aromatic nitrogens is 1. The Morgan fingerprint density at radius 1 is 1.18 bits per heavy atom. The number of piperidine rings is 1. The third-order valence-electron chi connectivity index (χ3n) is 5.52. The summed E-state index contributed by atoms with van der Waals surface area (Å²) in [5.74, 6) is -0.373. The van der Waals surface area contributed by atoms with E-state index in [0.717, 1.165) is 25.9 Å². The van der Waals surface area contributed by atoms with Gasteiger partial charge in [-0.1, -0.05) is 18.3 Å². The summed E-state index contributed by atoms with van der Waals surface area (Å²) < 4.78 is 12.1. The number of fused-ring (bicyclic) bond motifs is 1. The van der Waals surface area contributed by atoms with E-state index in [1.807, 2.05) is 4.90 Å². The van der Waals surface area contributed by atoms with Gasteiger partial charge in [-0.3, -0.25) is 14.4 Å². The molecule has 1 fully saturated rings. The molecule has 2 amide bonds. The molecule has 0 atom stereocenters. The summed E-state index contributed by atoms with van der Waals surface area (Å²) in [6.07, 6.45) is 2.02. The van der Waals surface area contributed by atoms with E-state index in [0.29, 0.717) is 26.5 Å². The maximum atomic E-state index is 12.5. The van der Waals surface area contributed by atoms with Crippen molar-refractivity contribution in [1.29, 1.82) is 0 Å². The quantitative estimate of drug-likeness (QED) is 0.505. The number of rotatable bonds is 8. The van der Waals surface area contributed by atoms with E-state index in [-0.39, 0.29) is 30.6 Å². The Labute approximate surface area is 206 Å². The molecule has 1 aromatic heterocycles. The zero-order valence-corrected chi connectivity index (χ0v) is 21.2. The highest BCUT2D eigenvalue weighted by molar-refractivity contribution is 8.00. The number of benzene rings is 1.